The number of hydrogen-bond acceptors (Lipinski definition) is 4. The van der Waals surface area contributed by atoms with Gasteiger partial charge in [0.15, 0.2) is 6.29 Å². The minimum Gasteiger partial charge on any atom is -0.364 e. The molecule has 0 spiro atoms. The van der Waals surface area contributed by atoms with Crippen LogP contribution in [0.1, 0.15) is 11.9 Å². The molecular weight excluding hydrogens is 690 g/mol. The molecule has 0 heterocycles. The summed E-state index contributed by atoms with van der Waals surface area (Å²) in [5.74, 6) is -0.507. The van der Waals surface area contributed by atoms with Crippen LogP contribution in [-0.4, -0.2) is 26.7 Å². The second-order valence-corrected chi connectivity index (χ2v) is 10.1. The third-order valence-electron chi connectivity index (χ3n) is 3.08. The second kappa shape index (κ2) is 9.54. The number of aliphatic hydroxyl groups excluding tert-OH is 1. The Morgan fingerprint density at radius 1 is 1.16 bits per heavy atom. The zero-order valence-electron chi connectivity index (χ0n) is 12.5. The van der Waals surface area contributed by atoms with Crippen LogP contribution in [0.15, 0.2) is 41.3 Å². The van der Waals surface area contributed by atoms with Gasteiger partial charge in [-0.3, -0.25) is 0 Å². The van der Waals surface area contributed by atoms with Crippen molar-refractivity contribution in [1.82, 2.24) is 4.72 Å². The molecule has 0 saturated heterocycles. The Morgan fingerprint density at radius 3 is 2.44 bits per heavy atom. The molecule has 0 aromatic heterocycles. The number of hydrogen-bond donors (Lipinski definition) is 2. The fourth-order valence-electron chi connectivity index (χ4n) is 1.89. The molecule has 5 nitrogen and oxygen atoms in total. The zero-order chi connectivity index (χ0) is 18.6. The summed E-state index contributed by atoms with van der Waals surface area (Å²) in [6.07, 6.45) is -1.15. The lowest BCUT2D eigenvalue weighted by Crippen LogP contribution is -2.28. The highest BCUT2D eigenvalue weighted by Crippen LogP contribution is 2.27. The van der Waals surface area contributed by atoms with Gasteiger partial charge in [-0.2, -0.15) is 0 Å². The summed E-state index contributed by atoms with van der Waals surface area (Å²) in [5.41, 5.74) is 0.637. The van der Waals surface area contributed by atoms with Crippen molar-refractivity contribution in [2.45, 2.75) is 11.2 Å². The van der Waals surface area contributed by atoms with Crippen molar-refractivity contribution in [1.29, 1.82) is 0 Å². The quantitative estimate of drug-likeness (QED) is 0.200. The summed E-state index contributed by atoms with van der Waals surface area (Å²) in [6.45, 7) is -0.0336. The summed E-state index contributed by atoms with van der Waals surface area (Å²) in [7, 11) is -3.74. The fourth-order valence-corrected chi connectivity index (χ4v) is 5.37. The Kier molecular flexibility index (Phi) is 8.28. The normalized spacial score (nSPS) is 13.0. The van der Waals surface area contributed by atoms with Gasteiger partial charge in [-0.15, -0.1) is 0 Å². The van der Waals surface area contributed by atoms with Gasteiger partial charge in [-0.25, -0.2) is 17.5 Å². The van der Waals surface area contributed by atoms with E-state index in [9.17, 15) is 17.9 Å². The van der Waals surface area contributed by atoms with Crippen LogP contribution in [0.3, 0.4) is 0 Å². The average molecular weight is 703 g/mol. The van der Waals surface area contributed by atoms with Gasteiger partial charge >= 0.3 is 0 Å². The Bertz CT molecular complexity index is 847. The van der Waals surface area contributed by atoms with E-state index in [2.05, 4.69) is 72.5 Å². The maximum atomic E-state index is 12.9. The largest absolute Gasteiger partial charge is 0.364 e. The van der Waals surface area contributed by atoms with Crippen molar-refractivity contribution in [2.24, 2.45) is 0 Å². The van der Waals surface area contributed by atoms with Crippen molar-refractivity contribution in [2.75, 3.05) is 13.2 Å². The molecule has 0 aliphatic carbocycles. The summed E-state index contributed by atoms with van der Waals surface area (Å²) >= 11 is 6.46. The molecule has 0 radical (unpaired) electrons. The number of nitrogens with one attached hydrogen (secondary N) is 1. The van der Waals surface area contributed by atoms with Gasteiger partial charge in [0.1, 0.15) is 5.82 Å². The molecule has 2 rings (SSSR count). The van der Waals surface area contributed by atoms with E-state index >= 15 is 0 Å². The summed E-state index contributed by atoms with van der Waals surface area (Å²) in [5, 5.41) is 10.2. The van der Waals surface area contributed by atoms with Crippen LogP contribution in [0.5, 0.6) is 0 Å². The molecule has 0 aliphatic heterocycles. The van der Waals surface area contributed by atoms with E-state index < -0.39 is 22.1 Å². The highest BCUT2D eigenvalue weighted by atomic mass is 127. The topological polar surface area (TPSA) is 75.6 Å². The van der Waals surface area contributed by atoms with Crippen LogP contribution < -0.4 is 4.72 Å². The monoisotopic (exact) mass is 703 g/mol. The molecule has 1 atom stereocenters. The number of rotatable bonds is 7. The number of halogens is 4. The Hall–Kier alpha value is 0.390. The third-order valence-corrected chi connectivity index (χ3v) is 8.27. The summed E-state index contributed by atoms with van der Waals surface area (Å²) in [6, 6.07) is 8.33. The van der Waals surface area contributed by atoms with Crippen molar-refractivity contribution < 1.29 is 22.7 Å². The van der Waals surface area contributed by atoms with Gasteiger partial charge in [-0.1, -0.05) is 0 Å². The molecule has 2 aromatic carbocycles. The highest BCUT2D eigenvalue weighted by Gasteiger charge is 2.16. The lowest BCUT2D eigenvalue weighted by atomic mass is 10.2. The molecule has 2 aromatic rings. The number of benzene rings is 2. The molecule has 0 aliphatic rings. The van der Waals surface area contributed by atoms with Crippen molar-refractivity contribution in [3.05, 3.63) is 58.5 Å². The smallest absolute Gasteiger partial charge is 0.240 e. The molecule has 10 heteroatoms. The minimum absolute atomic E-state index is 0.0142. The van der Waals surface area contributed by atoms with E-state index in [1.807, 2.05) is 12.1 Å². The van der Waals surface area contributed by atoms with E-state index in [4.69, 9.17) is 4.74 Å². The lowest BCUT2D eigenvalue weighted by Gasteiger charge is -2.16. The predicted octanol–water partition coefficient (Wildman–Crippen LogP) is 3.63. The molecule has 2 N–H and O–H groups in total. The van der Waals surface area contributed by atoms with Crippen molar-refractivity contribution in [3.63, 3.8) is 0 Å². The SMILES string of the molecule is O=S(=O)(NCCOC(O)c1cc(I)cc(I)c1I)c1ccc(F)cc1. The van der Waals surface area contributed by atoms with Gasteiger partial charge < -0.3 is 9.84 Å². The van der Waals surface area contributed by atoms with E-state index in [0.29, 0.717) is 5.56 Å². The lowest BCUT2D eigenvalue weighted by molar-refractivity contribution is -0.101. The third kappa shape index (κ3) is 6.21. The van der Waals surface area contributed by atoms with Gasteiger partial charge in [0, 0.05) is 22.8 Å². The number of ether oxygens (including phenoxy) is 1. The van der Waals surface area contributed by atoms with Crippen molar-refractivity contribution >= 4 is 77.8 Å². The maximum absolute atomic E-state index is 12.9. The Balaban J connectivity index is 1.91. The molecule has 0 saturated carbocycles. The van der Waals surface area contributed by atoms with Crippen LogP contribution in [0.25, 0.3) is 0 Å². The van der Waals surface area contributed by atoms with E-state index in [1.54, 1.807) is 0 Å². The fraction of sp³-hybridized carbons (Fsp3) is 0.200. The van der Waals surface area contributed by atoms with Gasteiger partial charge in [0.25, 0.3) is 0 Å². The number of sulfonamides is 1. The zero-order valence-corrected chi connectivity index (χ0v) is 19.8. The first-order valence-electron chi connectivity index (χ1n) is 6.90. The van der Waals surface area contributed by atoms with Gasteiger partial charge in [0.05, 0.1) is 11.5 Å². The van der Waals surface area contributed by atoms with Gasteiger partial charge in [0.2, 0.25) is 10.0 Å². The standard InChI is InChI=1S/C15H13FI3NO4S/c16-9-1-3-11(4-2-9)25(22,23)20-5-6-24-15(21)12-7-10(17)8-13(18)14(12)19/h1-4,7-8,15,20-21H,5-6H2. The molecule has 0 fully saturated rings. The van der Waals surface area contributed by atoms with Crippen LogP contribution in [0.2, 0.25) is 0 Å². The molecule has 1 unspecified atom stereocenters. The minimum atomic E-state index is -3.74. The molecule has 136 valence electrons. The maximum Gasteiger partial charge on any atom is 0.240 e. The predicted molar refractivity (Wildman–Crippen MR) is 117 cm³/mol. The van der Waals surface area contributed by atoms with Crippen LogP contribution >= 0.6 is 67.8 Å². The van der Waals surface area contributed by atoms with Crippen LogP contribution in [0.4, 0.5) is 4.39 Å². The first-order valence-corrected chi connectivity index (χ1v) is 11.6. The summed E-state index contributed by atoms with van der Waals surface area (Å²) in [4.78, 5) is -0.0313. The van der Waals surface area contributed by atoms with Crippen LogP contribution in [0, 0.1) is 16.5 Å². The Labute approximate surface area is 186 Å². The molecule has 25 heavy (non-hydrogen) atoms. The Morgan fingerprint density at radius 2 is 1.80 bits per heavy atom. The average Bonchev–Trinajstić information content (AvgIpc) is 2.55. The first-order chi connectivity index (χ1) is 11.7. The van der Waals surface area contributed by atoms with E-state index in [-0.39, 0.29) is 18.0 Å². The highest BCUT2D eigenvalue weighted by molar-refractivity contribution is 14.1. The number of aliphatic hydroxyl groups is 1. The molecular formula is C15H13FI3NO4S. The molecule has 0 bridgehead atoms. The second-order valence-electron chi connectivity index (χ2n) is 4.87. The van der Waals surface area contributed by atoms with E-state index in [1.165, 1.54) is 12.1 Å². The van der Waals surface area contributed by atoms with Crippen molar-refractivity contribution in [3.8, 4) is 0 Å². The van der Waals surface area contributed by atoms with Crippen LogP contribution in [-0.2, 0) is 14.8 Å². The van der Waals surface area contributed by atoms with Gasteiger partial charge in [-0.05, 0) is 104 Å². The summed E-state index contributed by atoms with van der Waals surface area (Å²) < 4.78 is 47.5. The van der Waals surface area contributed by atoms with E-state index in [0.717, 1.165) is 22.8 Å². The molecule has 0 amide bonds. The first kappa shape index (κ1) is 21.7.